The first-order valence-corrected chi connectivity index (χ1v) is 11.0. The minimum Gasteiger partial charge on any atom is -0.462 e. The van der Waals surface area contributed by atoms with Gasteiger partial charge in [-0.3, -0.25) is 0 Å². The molecule has 22 heavy (non-hydrogen) atoms. The average Bonchev–Trinajstić information content (AvgIpc) is 2.45. The number of ether oxygens (including phenoxy) is 1. The first kappa shape index (κ1) is 18.0. The third kappa shape index (κ3) is 6.60. The van der Waals surface area contributed by atoms with Crippen molar-refractivity contribution in [2.24, 2.45) is 0 Å². The maximum Gasteiger partial charge on any atom is 0.346 e. The lowest BCUT2D eigenvalue weighted by atomic mass is 10.1. The van der Waals surface area contributed by atoms with Gasteiger partial charge in [-0.15, -0.1) is 5.54 Å². The van der Waals surface area contributed by atoms with Crippen LogP contribution in [0.25, 0.3) is 6.08 Å². The fraction of sp³-hybridized carbons (Fsp3) is 0.316. The van der Waals surface area contributed by atoms with E-state index in [-0.39, 0.29) is 5.97 Å². The highest BCUT2D eigenvalue weighted by Crippen LogP contribution is 2.11. The fourth-order valence-electron chi connectivity index (χ4n) is 1.63. The Kier molecular flexibility index (Phi) is 6.88. The number of esters is 1. The lowest BCUT2D eigenvalue weighted by Crippen LogP contribution is -2.17. The van der Waals surface area contributed by atoms with Crippen molar-refractivity contribution in [2.75, 3.05) is 6.61 Å². The van der Waals surface area contributed by atoms with E-state index in [4.69, 9.17) is 4.74 Å². The Hall–Kier alpha value is -2.05. The van der Waals surface area contributed by atoms with E-state index in [1.165, 1.54) is 0 Å². The van der Waals surface area contributed by atoms with Gasteiger partial charge in [-0.25, -0.2) is 4.79 Å². The molecule has 116 valence electrons. The molecule has 0 unspecified atom stereocenters. The van der Waals surface area contributed by atoms with Crippen LogP contribution in [0.5, 0.6) is 0 Å². The van der Waals surface area contributed by atoms with Gasteiger partial charge >= 0.3 is 5.97 Å². The zero-order valence-corrected chi connectivity index (χ0v) is 15.1. The van der Waals surface area contributed by atoms with Gasteiger partial charge in [0.15, 0.2) is 0 Å². The summed E-state index contributed by atoms with van der Waals surface area (Å²) in [7, 11) is -1.55. The highest BCUT2D eigenvalue weighted by Gasteiger charge is 2.13. The maximum absolute atomic E-state index is 12.1. The van der Waals surface area contributed by atoms with Crippen molar-refractivity contribution in [3.8, 4) is 11.5 Å². The van der Waals surface area contributed by atoms with Crippen LogP contribution in [0.2, 0.25) is 19.6 Å². The number of carbonyl (C=O) groups is 1. The van der Waals surface area contributed by atoms with Crippen molar-refractivity contribution < 1.29 is 9.53 Å². The van der Waals surface area contributed by atoms with Crippen LogP contribution in [0.15, 0.2) is 47.6 Å². The Bertz CT molecular complexity index is 623. The molecule has 0 saturated heterocycles. The second kappa shape index (κ2) is 8.40. The van der Waals surface area contributed by atoms with Gasteiger partial charge in [0.2, 0.25) is 0 Å². The topological polar surface area (TPSA) is 26.3 Å². The number of hydrogen-bond donors (Lipinski definition) is 0. The monoisotopic (exact) mass is 312 g/mol. The standard InChI is InChI=1S/C19H24O2Si/c1-6-21-19(20)18(14-15-22(3,4)5)16(2)12-13-17-10-8-7-9-11-17/h7-13H,6H2,1-5H3/b13-12+,18-16+. The maximum atomic E-state index is 12.1. The second-order valence-corrected chi connectivity index (χ2v) is 10.8. The van der Waals surface area contributed by atoms with Crippen LogP contribution in [0, 0.1) is 11.5 Å². The minimum absolute atomic E-state index is 0.344. The molecule has 0 heterocycles. The average molecular weight is 312 g/mol. The van der Waals surface area contributed by atoms with Gasteiger partial charge in [-0.05, 0) is 25.0 Å². The third-order valence-electron chi connectivity index (χ3n) is 2.76. The molecule has 1 rings (SSSR count). The summed E-state index contributed by atoms with van der Waals surface area (Å²) in [5.41, 5.74) is 5.60. The molecule has 0 bridgehead atoms. The van der Waals surface area contributed by atoms with Gasteiger partial charge < -0.3 is 4.74 Å². The van der Waals surface area contributed by atoms with Crippen molar-refractivity contribution in [1.82, 2.24) is 0 Å². The molecule has 3 heteroatoms. The van der Waals surface area contributed by atoms with Gasteiger partial charge in [0.05, 0.1) is 6.61 Å². The number of allylic oxidation sites excluding steroid dienone is 2. The first-order valence-electron chi connectivity index (χ1n) is 7.48. The number of hydrogen-bond acceptors (Lipinski definition) is 2. The van der Waals surface area contributed by atoms with Crippen molar-refractivity contribution >= 4 is 20.1 Å². The molecule has 0 fully saturated rings. The Morgan fingerprint density at radius 3 is 2.41 bits per heavy atom. The summed E-state index contributed by atoms with van der Waals surface area (Å²) < 4.78 is 5.12. The van der Waals surface area contributed by atoms with Crippen LogP contribution in [-0.4, -0.2) is 20.7 Å². The van der Waals surface area contributed by atoms with E-state index in [0.717, 1.165) is 11.1 Å². The summed E-state index contributed by atoms with van der Waals surface area (Å²) in [4.78, 5) is 12.1. The van der Waals surface area contributed by atoms with Gasteiger partial charge in [0, 0.05) is 0 Å². The highest BCUT2D eigenvalue weighted by atomic mass is 28.3. The lowest BCUT2D eigenvalue weighted by molar-refractivity contribution is -0.138. The zero-order valence-electron chi connectivity index (χ0n) is 14.1. The van der Waals surface area contributed by atoms with E-state index in [9.17, 15) is 4.79 Å². The van der Waals surface area contributed by atoms with E-state index in [0.29, 0.717) is 12.2 Å². The molecule has 0 amide bonds. The van der Waals surface area contributed by atoms with E-state index < -0.39 is 8.07 Å². The molecule has 1 aromatic rings. The minimum atomic E-state index is -1.55. The molecule has 0 N–H and O–H groups in total. The normalized spacial score (nSPS) is 12.4. The molecule has 2 nitrogen and oxygen atoms in total. The summed E-state index contributed by atoms with van der Waals surface area (Å²) in [5.74, 6) is 2.70. The quantitative estimate of drug-likeness (QED) is 0.270. The zero-order chi connectivity index (χ0) is 16.6. The third-order valence-corrected chi connectivity index (χ3v) is 3.64. The molecule has 0 radical (unpaired) electrons. The summed E-state index contributed by atoms with van der Waals surface area (Å²) in [5, 5.41) is 0. The molecule has 0 atom stereocenters. The molecule has 0 aromatic heterocycles. The predicted octanol–water partition coefficient (Wildman–Crippen LogP) is 4.46. The molecule has 0 aliphatic rings. The Morgan fingerprint density at radius 1 is 1.23 bits per heavy atom. The van der Waals surface area contributed by atoms with Gasteiger partial charge in [0.25, 0.3) is 0 Å². The van der Waals surface area contributed by atoms with E-state index >= 15 is 0 Å². The molecule has 0 aliphatic carbocycles. The summed E-state index contributed by atoms with van der Waals surface area (Å²) in [6, 6.07) is 9.97. The summed E-state index contributed by atoms with van der Waals surface area (Å²) in [6.45, 7) is 10.5. The highest BCUT2D eigenvalue weighted by molar-refractivity contribution is 6.83. The van der Waals surface area contributed by atoms with Crippen molar-refractivity contribution in [3.63, 3.8) is 0 Å². The predicted molar refractivity (Wildman–Crippen MR) is 95.9 cm³/mol. The molecule has 1 aromatic carbocycles. The summed E-state index contributed by atoms with van der Waals surface area (Å²) in [6.07, 6.45) is 3.89. The van der Waals surface area contributed by atoms with E-state index in [1.807, 2.05) is 49.4 Å². The molecule has 0 spiro atoms. The second-order valence-electron chi connectivity index (χ2n) is 6.02. The number of carbonyl (C=O) groups excluding carboxylic acids is 1. The van der Waals surface area contributed by atoms with Crippen LogP contribution < -0.4 is 0 Å². The Morgan fingerprint density at radius 2 is 1.86 bits per heavy atom. The molecule has 0 aliphatic heterocycles. The van der Waals surface area contributed by atoms with Crippen molar-refractivity contribution in [3.05, 3.63) is 53.1 Å². The van der Waals surface area contributed by atoms with Gasteiger partial charge in [-0.1, -0.05) is 68.0 Å². The van der Waals surface area contributed by atoms with Gasteiger partial charge in [-0.2, -0.15) is 0 Å². The van der Waals surface area contributed by atoms with Crippen LogP contribution in [0.4, 0.5) is 0 Å². The molecular formula is C19H24O2Si. The van der Waals surface area contributed by atoms with Crippen LogP contribution >= 0.6 is 0 Å². The largest absolute Gasteiger partial charge is 0.462 e. The molecular weight excluding hydrogens is 288 g/mol. The smallest absolute Gasteiger partial charge is 0.346 e. The fourth-order valence-corrected chi connectivity index (χ4v) is 2.13. The van der Waals surface area contributed by atoms with Crippen LogP contribution in [0.1, 0.15) is 19.4 Å². The van der Waals surface area contributed by atoms with Gasteiger partial charge in [0.1, 0.15) is 13.6 Å². The Labute approximate surface area is 134 Å². The first-order chi connectivity index (χ1) is 10.3. The van der Waals surface area contributed by atoms with E-state index in [2.05, 4.69) is 31.1 Å². The number of benzene rings is 1. The van der Waals surface area contributed by atoms with Crippen molar-refractivity contribution in [2.45, 2.75) is 33.5 Å². The lowest BCUT2D eigenvalue weighted by Gasteiger charge is -2.06. The van der Waals surface area contributed by atoms with Crippen molar-refractivity contribution in [1.29, 1.82) is 0 Å². The van der Waals surface area contributed by atoms with Crippen LogP contribution in [0.3, 0.4) is 0 Å². The summed E-state index contributed by atoms with van der Waals surface area (Å²) >= 11 is 0. The van der Waals surface area contributed by atoms with E-state index in [1.54, 1.807) is 6.92 Å². The SMILES string of the molecule is CCOC(=O)/C(C#C[Si](C)(C)C)=C(C)/C=C/c1ccccc1. The number of rotatable bonds is 4. The van der Waals surface area contributed by atoms with Crippen LogP contribution in [-0.2, 0) is 9.53 Å². The Balaban J connectivity index is 3.13. The molecule has 0 saturated carbocycles.